The van der Waals surface area contributed by atoms with Gasteiger partial charge < -0.3 is 28.4 Å². The summed E-state index contributed by atoms with van der Waals surface area (Å²) in [4.78, 5) is 56.4. The summed E-state index contributed by atoms with van der Waals surface area (Å²) in [5.74, 6) is 1.33. The van der Waals surface area contributed by atoms with Crippen LogP contribution < -0.4 is 25.9 Å². The van der Waals surface area contributed by atoms with Crippen LogP contribution in [-0.4, -0.2) is 88.8 Å². The quantitative estimate of drug-likeness (QED) is 0.348. The number of ether oxygens (including phenoxy) is 2. The van der Waals surface area contributed by atoms with Crippen LogP contribution in [0.25, 0.3) is 11.1 Å². The first kappa shape index (κ1) is 36.0. The maximum atomic E-state index is 13.4. The first-order valence-corrected chi connectivity index (χ1v) is 18.7. The van der Waals surface area contributed by atoms with Crippen molar-refractivity contribution in [2.75, 3.05) is 46.9 Å². The number of carbonyl (C=O) groups is 2. The number of benzene rings is 1. The second-order valence-electron chi connectivity index (χ2n) is 15.4. The Kier molecular flexibility index (Phi) is 10.1. The van der Waals surface area contributed by atoms with Gasteiger partial charge in [0.2, 0.25) is 5.91 Å². The highest BCUT2D eigenvalue weighted by Crippen LogP contribution is 2.52. The Bertz CT molecular complexity index is 1940. The number of piperidine rings is 2. The van der Waals surface area contributed by atoms with Crippen LogP contribution >= 0.6 is 0 Å². The predicted octanol–water partition coefficient (Wildman–Crippen LogP) is 4.37. The summed E-state index contributed by atoms with van der Waals surface area (Å²) < 4.78 is 15.4. The third-order valence-electron chi connectivity index (χ3n) is 12.5. The molecule has 3 saturated heterocycles. The predicted molar refractivity (Wildman–Crippen MR) is 199 cm³/mol. The average Bonchev–Trinajstić information content (AvgIpc) is 3.13. The van der Waals surface area contributed by atoms with E-state index in [-0.39, 0.29) is 36.0 Å². The molecule has 12 heteroatoms. The van der Waals surface area contributed by atoms with E-state index in [0.717, 1.165) is 84.9 Å². The molecule has 278 valence electrons. The van der Waals surface area contributed by atoms with Crippen molar-refractivity contribution in [1.29, 1.82) is 0 Å². The lowest BCUT2D eigenvalue weighted by atomic mass is 9.59. The summed E-state index contributed by atoms with van der Waals surface area (Å²) >= 11 is 0. The number of aryl methyl sites for hydroxylation is 1. The lowest BCUT2D eigenvalue weighted by molar-refractivity contribution is -0.121. The Balaban J connectivity index is 0.923. The fourth-order valence-electron chi connectivity index (χ4n) is 9.03. The van der Waals surface area contributed by atoms with Crippen LogP contribution in [0.5, 0.6) is 11.5 Å². The van der Waals surface area contributed by atoms with Gasteiger partial charge in [0.15, 0.2) is 0 Å². The van der Waals surface area contributed by atoms with Gasteiger partial charge in [-0.1, -0.05) is 6.07 Å². The van der Waals surface area contributed by atoms with Crippen molar-refractivity contribution in [1.82, 2.24) is 29.2 Å². The van der Waals surface area contributed by atoms with E-state index in [1.807, 2.05) is 36.9 Å². The van der Waals surface area contributed by atoms with E-state index >= 15 is 0 Å². The van der Waals surface area contributed by atoms with Gasteiger partial charge in [-0.2, -0.15) is 0 Å². The summed E-state index contributed by atoms with van der Waals surface area (Å²) in [7, 11) is 5.21. The van der Waals surface area contributed by atoms with Crippen molar-refractivity contribution in [3.63, 3.8) is 0 Å². The van der Waals surface area contributed by atoms with E-state index in [1.165, 1.54) is 30.6 Å². The third-order valence-corrected chi connectivity index (χ3v) is 12.5. The summed E-state index contributed by atoms with van der Waals surface area (Å²) in [5.41, 5.74) is 5.70. The van der Waals surface area contributed by atoms with Crippen LogP contribution in [0, 0.1) is 19.3 Å². The Labute approximate surface area is 305 Å². The molecule has 3 aliphatic heterocycles. The van der Waals surface area contributed by atoms with E-state index in [0.29, 0.717) is 23.6 Å². The molecule has 0 unspecified atom stereocenters. The average molecular weight is 713 g/mol. The SMILES string of the molecule is COc1cc(-c2cn(C)c(=O)c(C)c2C)cc(OC)c1CN1CCC2(CC1)CC(N1CCC(n3cccc(CN4CCC(=O)NC4=O)c3=O)CC1)C2. The van der Waals surface area contributed by atoms with E-state index in [1.54, 1.807) is 31.9 Å². The lowest BCUT2D eigenvalue weighted by Crippen LogP contribution is -2.56. The van der Waals surface area contributed by atoms with Gasteiger partial charge in [0, 0.05) is 80.8 Å². The zero-order valence-corrected chi connectivity index (χ0v) is 31.2. The Morgan fingerprint density at radius 3 is 2.15 bits per heavy atom. The molecule has 1 N–H and O–H groups in total. The number of rotatable bonds is 9. The van der Waals surface area contributed by atoms with Gasteiger partial charge in [-0.3, -0.25) is 24.6 Å². The fourth-order valence-corrected chi connectivity index (χ4v) is 9.03. The van der Waals surface area contributed by atoms with Crippen molar-refractivity contribution >= 4 is 11.9 Å². The van der Waals surface area contributed by atoms with Gasteiger partial charge in [0.1, 0.15) is 11.5 Å². The third kappa shape index (κ3) is 6.90. The number of pyridine rings is 2. The maximum absolute atomic E-state index is 13.4. The van der Waals surface area contributed by atoms with Gasteiger partial charge >= 0.3 is 6.03 Å². The number of imide groups is 1. The van der Waals surface area contributed by atoms with Crippen LogP contribution in [0.2, 0.25) is 0 Å². The molecular formula is C40H52N6O6. The largest absolute Gasteiger partial charge is 0.496 e. The Hall–Kier alpha value is -4.42. The maximum Gasteiger partial charge on any atom is 0.324 e. The normalized spacial score (nSPS) is 20.2. The number of carbonyl (C=O) groups excluding carboxylic acids is 2. The standard InChI is InChI=1S/C40H52N6O6/c1-26-27(2)37(48)42(3)24-32(26)29-19-34(51-4)33(35(20-29)52-5)25-43-17-11-40(12-18-43)21-31(22-40)44-14-8-30(9-15-44)46-13-6-7-28(38(46)49)23-45-16-10-36(47)41-39(45)50/h6-7,13,19-20,24,30-31H,8-12,14-18,21-23,25H2,1-5H3,(H,41,47,50). The molecule has 1 saturated carbocycles. The Morgan fingerprint density at radius 1 is 0.846 bits per heavy atom. The summed E-state index contributed by atoms with van der Waals surface area (Å²) in [6.45, 7) is 9.21. The molecule has 4 fully saturated rings. The van der Waals surface area contributed by atoms with Crippen molar-refractivity contribution < 1.29 is 19.1 Å². The molecule has 0 radical (unpaired) electrons. The smallest absolute Gasteiger partial charge is 0.324 e. The molecule has 7 rings (SSSR count). The highest BCUT2D eigenvalue weighted by Gasteiger charge is 2.48. The van der Waals surface area contributed by atoms with E-state index < -0.39 is 6.03 Å². The molecule has 1 aromatic carbocycles. The van der Waals surface area contributed by atoms with Crippen molar-refractivity contribution in [2.45, 2.75) is 84.0 Å². The molecular weight excluding hydrogens is 660 g/mol. The van der Waals surface area contributed by atoms with Gasteiger partial charge in [-0.15, -0.1) is 0 Å². The second-order valence-corrected chi connectivity index (χ2v) is 15.4. The zero-order chi connectivity index (χ0) is 36.7. The van der Waals surface area contributed by atoms with E-state index in [4.69, 9.17) is 9.47 Å². The first-order chi connectivity index (χ1) is 25.0. The number of nitrogens with one attached hydrogen (secondary N) is 1. The number of aromatic nitrogens is 2. The molecule has 0 bridgehead atoms. The highest BCUT2D eigenvalue weighted by atomic mass is 16.5. The lowest BCUT2D eigenvalue weighted by Gasteiger charge is -2.56. The van der Waals surface area contributed by atoms with E-state index in [2.05, 4.69) is 27.2 Å². The molecule has 1 aliphatic carbocycles. The number of urea groups is 1. The minimum absolute atomic E-state index is 0.0157. The molecule has 52 heavy (non-hydrogen) atoms. The number of hydrogen-bond acceptors (Lipinski definition) is 8. The first-order valence-electron chi connectivity index (χ1n) is 18.7. The van der Waals surface area contributed by atoms with Gasteiger partial charge in [0.25, 0.3) is 11.1 Å². The van der Waals surface area contributed by atoms with Crippen LogP contribution in [0.1, 0.15) is 73.2 Å². The topological polar surface area (TPSA) is 118 Å². The highest BCUT2D eigenvalue weighted by molar-refractivity contribution is 5.96. The molecule has 2 aromatic heterocycles. The molecule has 0 atom stereocenters. The number of hydrogen-bond donors (Lipinski definition) is 1. The van der Waals surface area contributed by atoms with Gasteiger partial charge in [0.05, 0.1) is 26.3 Å². The summed E-state index contributed by atoms with van der Waals surface area (Å²) in [6.07, 6.45) is 10.7. The summed E-state index contributed by atoms with van der Waals surface area (Å²) in [6, 6.07) is 8.15. The molecule has 5 heterocycles. The molecule has 1 spiro atoms. The summed E-state index contributed by atoms with van der Waals surface area (Å²) in [5, 5.41) is 2.34. The molecule has 3 aromatic rings. The molecule has 12 nitrogen and oxygen atoms in total. The molecule has 4 aliphatic rings. The van der Waals surface area contributed by atoms with Crippen molar-refractivity contribution in [2.24, 2.45) is 12.5 Å². The Morgan fingerprint density at radius 2 is 1.52 bits per heavy atom. The van der Waals surface area contributed by atoms with Crippen LogP contribution in [-0.2, 0) is 24.9 Å². The minimum Gasteiger partial charge on any atom is -0.496 e. The van der Waals surface area contributed by atoms with Crippen molar-refractivity contribution in [3.05, 3.63) is 79.6 Å². The van der Waals surface area contributed by atoms with Gasteiger partial charge in [-0.05, 0) is 100 Å². The van der Waals surface area contributed by atoms with Crippen LogP contribution in [0.3, 0.4) is 0 Å². The second kappa shape index (κ2) is 14.5. The van der Waals surface area contributed by atoms with Crippen LogP contribution in [0.15, 0.2) is 46.2 Å². The minimum atomic E-state index is -0.431. The molecule has 3 amide bonds. The monoisotopic (exact) mass is 712 g/mol. The van der Waals surface area contributed by atoms with Crippen molar-refractivity contribution in [3.8, 4) is 22.6 Å². The zero-order valence-electron chi connectivity index (χ0n) is 31.2. The number of nitrogens with zero attached hydrogens (tertiary/aromatic N) is 5. The van der Waals surface area contributed by atoms with E-state index in [9.17, 15) is 19.2 Å². The number of methoxy groups -OCH3 is 2. The van der Waals surface area contributed by atoms with Gasteiger partial charge in [-0.25, -0.2) is 4.79 Å². The van der Waals surface area contributed by atoms with Crippen LogP contribution in [0.4, 0.5) is 4.79 Å². The fraction of sp³-hybridized carbons (Fsp3) is 0.550. The number of amides is 3. The number of likely N-dealkylation sites (tertiary alicyclic amines) is 2.